The minimum absolute atomic E-state index is 0.0885. The van der Waals surface area contributed by atoms with Crippen molar-refractivity contribution in [3.05, 3.63) is 69.2 Å². The van der Waals surface area contributed by atoms with Crippen molar-refractivity contribution in [3.63, 3.8) is 0 Å². The van der Waals surface area contributed by atoms with Crippen LogP contribution in [-0.2, 0) is 4.79 Å². The van der Waals surface area contributed by atoms with E-state index in [-0.39, 0.29) is 30.1 Å². The average Bonchev–Trinajstić information content (AvgIpc) is 2.54. The van der Waals surface area contributed by atoms with Crippen molar-refractivity contribution in [2.45, 2.75) is 6.42 Å². The van der Waals surface area contributed by atoms with Gasteiger partial charge in [-0.3, -0.25) is 19.7 Å². The van der Waals surface area contributed by atoms with E-state index in [0.717, 1.165) is 0 Å². The van der Waals surface area contributed by atoms with Crippen molar-refractivity contribution in [2.75, 3.05) is 11.9 Å². The van der Waals surface area contributed by atoms with Gasteiger partial charge in [0.2, 0.25) is 5.91 Å². The molecule has 0 aliphatic heterocycles. The van der Waals surface area contributed by atoms with Crippen LogP contribution >= 0.6 is 11.6 Å². The second-order valence-electron chi connectivity index (χ2n) is 4.87. The molecule has 24 heavy (non-hydrogen) atoms. The number of nitrogens with one attached hydrogen (secondary N) is 2. The van der Waals surface area contributed by atoms with Crippen LogP contribution in [0.2, 0.25) is 5.02 Å². The monoisotopic (exact) mass is 347 g/mol. The van der Waals surface area contributed by atoms with Gasteiger partial charge >= 0.3 is 0 Å². The van der Waals surface area contributed by atoms with E-state index in [2.05, 4.69) is 10.6 Å². The Morgan fingerprint density at radius 3 is 2.46 bits per heavy atom. The van der Waals surface area contributed by atoms with Gasteiger partial charge in [-0.2, -0.15) is 0 Å². The third-order valence-corrected chi connectivity index (χ3v) is 3.32. The highest BCUT2D eigenvalue weighted by Gasteiger charge is 2.10. The molecule has 0 bridgehead atoms. The van der Waals surface area contributed by atoms with Crippen LogP contribution < -0.4 is 10.6 Å². The number of rotatable bonds is 6. The fourth-order valence-corrected chi connectivity index (χ4v) is 2.11. The first-order valence-electron chi connectivity index (χ1n) is 7.04. The van der Waals surface area contributed by atoms with E-state index in [4.69, 9.17) is 11.6 Å². The lowest BCUT2D eigenvalue weighted by Gasteiger charge is -2.07. The van der Waals surface area contributed by atoms with Crippen molar-refractivity contribution in [2.24, 2.45) is 0 Å². The van der Waals surface area contributed by atoms with Crippen LogP contribution in [0.3, 0.4) is 0 Å². The largest absolute Gasteiger partial charge is 0.352 e. The lowest BCUT2D eigenvalue weighted by atomic mass is 10.2. The van der Waals surface area contributed by atoms with E-state index in [0.29, 0.717) is 10.7 Å². The molecule has 2 amide bonds. The molecule has 2 aromatic rings. The summed E-state index contributed by atoms with van der Waals surface area (Å²) in [4.78, 5) is 33.7. The molecule has 0 spiro atoms. The Labute approximate surface area is 142 Å². The summed E-state index contributed by atoms with van der Waals surface area (Å²) in [5, 5.41) is 16.3. The zero-order chi connectivity index (χ0) is 17.5. The summed E-state index contributed by atoms with van der Waals surface area (Å²) in [6, 6.07) is 12.0. The zero-order valence-electron chi connectivity index (χ0n) is 12.5. The first-order chi connectivity index (χ1) is 11.5. The number of nitrogens with zero attached hydrogens (tertiary/aromatic N) is 1. The van der Waals surface area contributed by atoms with Crippen molar-refractivity contribution < 1.29 is 14.5 Å². The molecule has 0 saturated heterocycles. The van der Waals surface area contributed by atoms with Gasteiger partial charge in [0.1, 0.15) is 0 Å². The molecule has 0 aliphatic rings. The van der Waals surface area contributed by atoms with Gasteiger partial charge in [-0.05, 0) is 30.3 Å². The number of hydrogen-bond acceptors (Lipinski definition) is 4. The minimum atomic E-state index is -0.540. The van der Waals surface area contributed by atoms with E-state index < -0.39 is 10.8 Å². The highest BCUT2D eigenvalue weighted by molar-refractivity contribution is 6.30. The van der Waals surface area contributed by atoms with E-state index in [1.807, 2.05) is 0 Å². The molecule has 0 atom stereocenters. The molecular formula is C16H14ClN3O4. The normalized spacial score (nSPS) is 10.0. The molecule has 2 aromatic carbocycles. The topological polar surface area (TPSA) is 101 Å². The third-order valence-electron chi connectivity index (χ3n) is 3.09. The quantitative estimate of drug-likeness (QED) is 0.619. The molecule has 2 N–H and O–H groups in total. The number of hydrogen-bond donors (Lipinski definition) is 2. The predicted molar refractivity (Wildman–Crippen MR) is 90.1 cm³/mol. The second-order valence-corrected chi connectivity index (χ2v) is 5.30. The number of nitro benzene ring substituents is 1. The molecule has 0 radical (unpaired) electrons. The molecular weight excluding hydrogens is 334 g/mol. The Hall–Kier alpha value is -2.93. The molecule has 0 fully saturated rings. The summed E-state index contributed by atoms with van der Waals surface area (Å²) in [5.41, 5.74) is 0.775. The Bertz CT molecular complexity index is 762. The maximum Gasteiger partial charge on any atom is 0.269 e. The molecule has 7 nitrogen and oxygen atoms in total. The average molecular weight is 348 g/mol. The number of amides is 2. The standard InChI is InChI=1S/C16H14ClN3O4/c17-12-2-1-3-13(10-12)19-15(21)8-9-18-16(22)11-4-6-14(7-5-11)20(23)24/h1-7,10H,8-9H2,(H,18,22)(H,19,21). The van der Waals surface area contributed by atoms with Gasteiger partial charge in [0.05, 0.1) is 4.92 Å². The fourth-order valence-electron chi connectivity index (χ4n) is 1.92. The van der Waals surface area contributed by atoms with Crippen LogP contribution in [0.15, 0.2) is 48.5 Å². The number of nitro groups is 1. The van der Waals surface area contributed by atoms with Crippen LogP contribution in [0.5, 0.6) is 0 Å². The summed E-state index contributed by atoms with van der Waals surface area (Å²) >= 11 is 5.82. The number of non-ortho nitro benzene ring substituents is 1. The van der Waals surface area contributed by atoms with Gasteiger partial charge in [-0.1, -0.05) is 17.7 Å². The molecule has 124 valence electrons. The second kappa shape index (κ2) is 8.07. The molecule has 8 heteroatoms. The van der Waals surface area contributed by atoms with Crippen LogP contribution in [0.1, 0.15) is 16.8 Å². The molecule has 0 heterocycles. The minimum Gasteiger partial charge on any atom is -0.352 e. The van der Waals surface area contributed by atoms with Gasteiger partial charge in [0, 0.05) is 41.4 Å². The number of benzene rings is 2. The van der Waals surface area contributed by atoms with E-state index in [1.165, 1.54) is 24.3 Å². The lowest BCUT2D eigenvalue weighted by Crippen LogP contribution is -2.27. The lowest BCUT2D eigenvalue weighted by molar-refractivity contribution is -0.384. The molecule has 0 aliphatic carbocycles. The van der Waals surface area contributed by atoms with Gasteiger partial charge < -0.3 is 10.6 Å². The van der Waals surface area contributed by atoms with Crippen LogP contribution in [0, 0.1) is 10.1 Å². The Morgan fingerprint density at radius 1 is 1.12 bits per heavy atom. The fraction of sp³-hybridized carbons (Fsp3) is 0.125. The van der Waals surface area contributed by atoms with E-state index in [9.17, 15) is 19.7 Å². The van der Waals surface area contributed by atoms with Crippen LogP contribution in [0.25, 0.3) is 0 Å². The SMILES string of the molecule is O=C(CCNC(=O)c1ccc([N+](=O)[O-])cc1)Nc1cccc(Cl)c1. The third kappa shape index (κ3) is 5.06. The number of carbonyl (C=O) groups is 2. The maximum absolute atomic E-state index is 11.9. The predicted octanol–water partition coefficient (Wildman–Crippen LogP) is 3.01. The smallest absolute Gasteiger partial charge is 0.269 e. The van der Waals surface area contributed by atoms with Crippen LogP contribution in [0.4, 0.5) is 11.4 Å². The van der Waals surface area contributed by atoms with E-state index >= 15 is 0 Å². The van der Waals surface area contributed by atoms with Crippen molar-refractivity contribution in [1.82, 2.24) is 5.32 Å². The zero-order valence-corrected chi connectivity index (χ0v) is 13.2. The maximum atomic E-state index is 11.9. The van der Waals surface area contributed by atoms with Gasteiger partial charge in [-0.25, -0.2) is 0 Å². The van der Waals surface area contributed by atoms with Crippen molar-refractivity contribution in [1.29, 1.82) is 0 Å². The number of halogens is 1. The molecule has 0 saturated carbocycles. The Morgan fingerprint density at radius 2 is 1.83 bits per heavy atom. The molecule has 0 unspecified atom stereocenters. The highest BCUT2D eigenvalue weighted by Crippen LogP contribution is 2.15. The summed E-state index contributed by atoms with van der Waals surface area (Å²) in [6.45, 7) is 0.141. The molecule has 0 aromatic heterocycles. The highest BCUT2D eigenvalue weighted by atomic mass is 35.5. The summed E-state index contributed by atoms with van der Waals surface area (Å²) < 4.78 is 0. The summed E-state index contributed by atoms with van der Waals surface area (Å²) in [6.07, 6.45) is 0.0885. The van der Waals surface area contributed by atoms with Crippen molar-refractivity contribution >= 4 is 34.8 Å². The summed E-state index contributed by atoms with van der Waals surface area (Å²) in [5.74, 6) is -0.665. The number of carbonyl (C=O) groups excluding carboxylic acids is 2. The van der Waals surface area contributed by atoms with Gasteiger partial charge in [0.25, 0.3) is 11.6 Å². The first kappa shape index (κ1) is 17.4. The van der Waals surface area contributed by atoms with Gasteiger partial charge in [0.15, 0.2) is 0 Å². The van der Waals surface area contributed by atoms with Crippen LogP contribution in [-0.4, -0.2) is 23.3 Å². The van der Waals surface area contributed by atoms with E-state index in [1.54, 1.807) is 24.3 Å². The number of anilines is 1. The summed E-state index contributed by atoms with van der Waals surface area (Å²) in [7, 11) is 0. The first-order valence-corrected chi connectivity index (χ1v) is 7.41. The Balaban J connectivity index is 1.79. The molecule has 2 rings (SSSR count). The Kier molecular flexibility index (Phi) is 5.86. The van der Waals surface area contributed by atoms with Crippen molar-refractivity contribution in [3.8, 4) is 0 Å². The van der Waals surface area contributed by atoms with Gasteiger partial charge in [-0.15, -0.1) is 0 Å².